The molecule has 7 nitrogen and oxygen atoms in total. The molecule has 1 N–H and O–H groups in total. The van der Waals surface area contributed by atoms with Crippen LogP contribution in [-0.4, -0.2) is 19.9 Å². The molecule has 0 aliphatic heterocycles. The monoisotopic (exact) mass is 148 g/mol. The van der Waals surface area contributed by atoms with Crippen molar-refractivity contribution in [3.8, 4) is 0 Å². The van der Waals surface area contributed by atoms with Crippen LogP contribution in [0.15, 0.2) is 4.79 Å². The molecule has 0 aliphatic rings. The Kier molecular flexibility index (Phi) is 1.21. The average Bonchev–Trinajstić information content (AvgIpc) is 2.13. The fourth-order valence-electron chi connectivity index (χ4n) is 0.378. The zero-order valence-electron chi connectivity index (χ0n) is 4.44. The van der Waals surface area contributed by atoms with E-state index in [9.17, 15) is 19.4 Å². The number of hydrogen-bond donors (Lipinski definition) is 1. The first kappa shape index (κ1) is 6.39. The highest BCUT2D eigenvalue weighted by Gasteiger charge is 2.14. The first-order valence-electron chi connectivity index (χ1n) is 2.11. The predicted octanol–water partition coefficient (Wildman–Crippen LogP) is -0.788. The number of hydrogen-bond acceptors (Lipinski definition) is 4. The van der Waals surface area contributed by atoms with Gasteiger partial charge in [-0.15, -0.1) is 0 Å². The van der Waals surface area contributed by atoms with Crippen LogP contribution in [-0.2, 0) is 0 Å². The third kappa shape index (κ3) is 0.855. The third-order valence-electron chi connectivity index (χ3n) is 0.742. The molecule has 1 aromatic rings. The predicted molar refractivity (Wildman–Crippen MR) is 26.0 cm³/mol. The van der Waals surface area contributed by atoms with E-state index in [1.165, 1.54) is 0 Å². The SMILES string of the molecule is O=c1[nH]c([N+](=O)[O-])nn1F. The van der Waals surface area contributed by atoms with E-state index in [0.717, 1.165) is 0 Å². The van der Waals surface area contributed by atoms with Gasteiger partial charge in [0.25, 0.3) is 0 Å². The standard InChI is InChI=1S/C2HFN4O3/c3-6-2(8)4-1(5-6)7(9)10/h(H,4,5,8). The van der Waals surface area contributed by atoms with Crippen LogP contribution >= 0.6 is 0 Å². The van der Waals surface area contributed by atoms with E-state index in [2.05, 4.69) is 5.10 Å². The third-order valence-corrected chi connectivity index (χ3v) is 0.742. The minimum atomic E-state index is -1.26. The number of nitrogens with one attached hydrogen (secondary N) is 1. The van der Waals surface area contributed by atoms with Gasteiger partial charge >= 0.3 is 11.6 Å². The smallest absolute Gasteiger partial charge is 0.390 e. The highest BCUT2D eigenvalue weighted by atomic mass is 19.2. The van der Waals surface area contributed by atoms with E-state index < -0.39 is 21.5 Å². The first-order valence-corrected chi connectivity index (χ1v) is 2.11. The van der Waals surface area contributed by atoms with Crippen molar-refractivity contribution in [3.63, 3.8) is 0 Å². The first-order chi connectivity index (χ1) is 4.61. The summed E-state index contributed by atoms with van der Waals surface area (Å²) in [4.78, 5) is 19.8. The van der Waals surface area contributed by atoms with Crippen molar-refractivity contribution in [1.82, 2.24) is 15.0 Å². The van der Waals surface area contributed by atoms with E-state index in [4.69, 9.17) is 0 Å². The average molecular weight is 148 g/mol. The van der Waals surface area contributed by atoms with Crippen LogP contribution in [0.3, 0.4) is 0 Å². The minimum absolute atomic E-state index is 0.641. The highest BCUT2D eigenvalue weighted by molar-refractivity contribution is 4.96. The van der Waals surface area contributed by atoms with Gasteiger partial charge in [-0.1, -0.05) is 4.48 Å². The van der Waals surface area contributed by atoms with Crippen LogP contribution in [0.2, 0.25) is 0 Å². The molecule has 54 valence electrons. The van der Waals surface area contributed by atoms with E-state index in [0.29, 0.717) is 0 Å². The zero-order chi connectivity index (χ0) is 7.72. The molecule has 1 heterocycles. The van der Waals surface area contributed by atoms with Crippen molar-refractivity contribution in [2.45, 2.75) is 0 Å². The molecule has 10 heavy (non-hydrogen) atoms. The summed E-state index contributed by atoms with van der Waals surface area (Å²) >= 11 is 0. The molecule has 8 heteroatoms. The van der Waals surface area contributed by atoms with Gasteiger partial charge in [-0.25, -0.2) is 4.79 Å². The summed E-state index contributed by atoms with van der Waals surface area (Å²) < 4.78 is 11.9. The van der Waals surface area contributed by atoms with Crippen LogP contribution in [0, 0.1) is 10.1 Å². The topological polar surface area (TPSA) is 93.8 Å². The van der Waals surface area contributed by atoms with E-state index in [1.807, 2.05) is 0 Å². The lowest BCUT2D eigenvalue weighted by Crippen LogP contribution is -2.09. The van der Waals surface area contributed by atoms with Crippen molar-refractivity contribution in [1.29, 1.82) is 0 Å². The summed E-state index contributed by atoms with van der Waals surface area (Å²) in [5.74, 6) is -0.910. The summed E-state index contributed by atoms with van der Waals surface area (Å²) in [5, 5.41) is 12.4. The van der Waals surface area contributed by atoms with Crippen LogP contribution in [0.5, 0.6) is 0 Å². The lowest BCUT2D eigenvalue weighted by molar-refractivity contribution is -0.394. The van der Waals surface area contributed by atoms with E-state index in [1.54, 1.807) is 4.98 Å². The second-order valence-electron chi connectivity index (χ2n) is 1.37. The Morgan fingerprint density at radius 2 is 2.40 bits per heavy atom. The Morgan fingerprint density at radius 3 is 2.60 bits per heavy atom. The molecule has 0 saturated heterocycles. The van der Waals surface area contributed by atoms with Crippen LogP contribution in [0.25, 0.3) is 0 Å². The molecule has 0 bridgehead atoms. The Balaban J connectivity index is 3.23. The Hall–Kier alpha value is -1.73. The molecule has 1 rings (SSSR count). The second kappa shape index (κ2) is 1.90. The lowest BCUT2D eigenvalue weighted by Gasteiger charge is -1.82. The van der Waals surface area contributed by atoms with Crippen molar-refractivity contribution < 1.29 is 9.40 Å². The van der Waals surface area contributed by atoms with Crippen LogP contribution < -0.4 is 5.69 Å². The van der Waals surface area contributed by atoms with E-state index >= 15 is 0 Å². The fourth-order valence-corrected chi connectivity index (χ4v) is 0.378. The van der Waals surface area contributed by atoms with Gasteiger partial charge < -0.3 is 10.1 Å². The molecule has 1 aromatic heterocycles. The van der Waals surface area contributed by atoms with Gasteiger partial charge in [0.15, 0.2) is 0 Å². The van der Waals surface area contributed by atoms with Gasteiger partial charge in [0.1, 0.15) is 0 Å². The van der Waals surface area contributed by atoms with Crippen molar-refractivity contribution in [3.05, 3.63) is 20.6 Å². The quantitative estimate of drug-likeness (QED) is 0.417. The molecular formula is C2HFN4O3. The molecule has 0 aromatic carbocycles. The van der Waals surface area contributed by atoms with Gasteiger partial charge in [0.05, 0.1) is 5.10 Å². The molecule has 0 amide bonds. The maximum absolute atomic E-state index is 11.9. The van der Waals surface area contributed by atoms with Crippen LogP contribution in [0.1, 0.15) is 0 Å². The van der Waals surface area contributed by atoms with E-state index in [-0.39, 0.29) is 0 Å². The number of H-pyrrole nitrogens is 1. The molecule has 0 unspecified atom stereocenters. The van der Waals surface area contributed by atoms with Gasteiger partial charge in [0.2, 0.25) is 0 Å². The normalized spacial score (nSPS) is 9.70. The number of halogens is 1. The van der Waals surface area contributed by atoms with Crippen LogP contribution in [0.4, 0.5) is 10.4 Å². The highest BCUT2D eigenvalue weighted by Crippen LogP contribution is 1.94. The molecule has 0 radical (unpaired) electrons. The minimum Gasteiger partial charge on any atom is -0.390 e. The Morgan fingerprint density at radius 1 is 1.80 bits per heavy atom. The summed E-state index contributed by atoms with van der Waals surface area (Å²) in [6.45, 7) is 0. The van der Waals surface area contributed by atoms with Crippen molar-refractivity contribution in [2.75, 3.05) is 0 Å². The van der Waals surface area contributed by atoms with Gasteiger partial charge in [-0.3, -0.25) is 0 Å². The number of aromatic amines is 1. The summed E-state index contributed by atoms with van der Waals surface area (Å²) in [7, 11) is 0. The Bertz CT molecular complexity index is 313. The molecule has 0 atom stereocenters. The number of nitrogens with zero attached hydrogens (tertiary/aromatic N) is 3. The maximum atomic E-state index is 11.9. The largest absolute Gasteiger partial charge is 0.459 e. The lowest BCUT2D eigenvalue weighted by atomic mass is 11.1. The van der Waals surface area contributed by atoms with Gasteiger partial charge in [-0.2, -0.15) is 4.98 Å². The molecular weight excluding hydrogens is 147 g/mol. The molecule has 0 aliphatic carbocycles. The summed E-state index contributed by atoms with van der Waals surface area (Å²) in [6, 6.07) is 0. The van der Waals surface area contributed by atoms with Crippen molar-refractivity contribution >= 4 is 5.95 Å². The Labute approximate surface area is 52.2 Å². The second-order valence-corrected chi connectivity index (χ2v) is 1.37. The number of nitro groups is 1. The van der Waals surface area contributed by atoms with Crippen molar-refractivity contribution in [2.24, 2.45) is 0 Å². The molecule has 0 fully saturated rings. The zero-order valence-corrected chi connectivity index (χ0v) is 4.44. The van der Waals surface area contributed by atoms with Gasteiger partial charge in [0, 0.05) is 4.90 Å². The summed E-state index contributed by atoms with van der Waals surface area (Å²) in [6.07, 6.45) is 0. The maximum Gasteiger partial charge on any atom is 0.459 e. The number of rotatable bonds is 1. The van der Waals surface area contributed by atoms with Gasteiger partial charge in [-0.05, 0) is 4.92 Å². The molecule has 0 spiro atoms. The number of aromatic nitrogens is 3. The summed E-state index contributed by atoms with van der Waals surface area (Å²) in [5.41, 5.74) is -1.26. The molecule has 0 saturated carbocycles. The fraction of sp³-hybridized carbons (Fsp3) is 0.